The van der Waals surface area contributed by atoms with Gasteiger partial charge >= 0.3 is 6.09 Å². The van der Waals surface area contributed by atoms with E-state index in [1.807, 2.05) is 20.8 Å². The SMILES string of the molecule is COC(C)(C)CCC(N)C1CCN(C(=O)OC(C)(C)C)C1. The van der Waals surface area contributed by atoms with Gasteiger partial charge in [0, 0.05) is 26.2 Å². The Balaban J connectivity index is 2.41. The lowest BCUT2D eigenvalue weighted by atomic mass is 9.91. The van der Waals surface area contributed by atoms with Crippen LogP contribution in [0.15, 0.2) is 0 Å². The van der Waals surface area contributed by atoms with Crippen LogP contribution in [0.4, 0.5) is 4.79 Å². The van der Waals surface area contributed by atoms with Crippen LogP contribution in [-0.4, -0.2) is 48.4 Å². The van der Waals surface area contributed by atoms with Crippen molar-refractivity contribution in [3.05, 3.63) is 0 Å². The maximum Gasteiger partial charge on any atom is 0.410 e. The number of hydrogen-bond acceptors (Lipinski definition) is 4. The fourth-order valence-corrected chi connectivity index (χ4v) is 2.48. The van der Waals surface area contributed by atoms with Crippen LogP contribution in [0.2, 0.25) is 0 Å². The van der Waals surface area contributed by atoms with Gasteiger partial charge in [0.1, 0.15) is 5.60 Å². The summed E-state index contributed by atoms with van der Waals surface area (Å²) in [5, 5.41) is 0. The number of carbonyl (C=O) groups is 1. The third kappa shape index (κ3) is 6.22. The van der Waals surface area contributed by atoms with Gasteiger partial charge in [0.25, 0.3) is 0 Å². The Morgan fingerprint density at radius 1 is 1.33 bits per heavy atom. The minimum Gasteiger partial charge on any atom is -0.444 e. The molecular weight excluding hydrogens is 268 g/mol. The molecule has 124 valence electrons. The van der Waals surface area contributed by atoms with Crippen LogP contribution in [0.5, 0.6) is 0 Å². The summed E-state index contributed by atoms with van der Waals surface area (Å²) >= 11 is 0. The molecule has 5 nitrogen and oxygen atoms in total. The van der Waals surface area contributed by atoms with Crippen LogP contribution in [0.3, 0.4) is 0 Å². The summed E-state index contributed by atoms with van der Waals surface area (Å²) < 4.78 is 10.8. The van der Waals surface area contributed by atoms with Crippen LogP contribution in [0.1, 0.15) is 53.9 Å². The lowest BCUT2D eigenvalue weighted by Gasteiger charge is -2.27. The largest absolute Gasteiger partial charge is 0.444 e. The van der Waals surface area contributed by atoms with Crippen LogP contribution in [0, 0.1) is 5.92 Å². The summed E-state index contributed by atoms with van der Waals surface area (Å²) in [6, 6.07) is 0.104. The fourth-order valence-electron chi connectivity index (χ4n) is 2.48. The zero-order valence-corrected chi connectivity index (χ0v) is 14.4. The van der Waals surface area contributed by atoms with Gasteiger partial charge in [0.15, 0.2) is 0 Å². The highest BCUT2D eigenvalue weighted by atomic mass is 16.6. The standard InChI is InChI=1S/C16H32N2O3/c1-15(2,3)21-14(19)18-10-8-12(11-18)13(17)7-9-16(4,5)20-6/h12-13H,7-11,17H2,1-6H3. The number of hydrogen-bond donors (Lipinski definition) is 1. The van der Waals surface area contributed by atoms with Crippen molar-refractivity contribution in [2.45, 2.75) is 71.1 Å². The van der Waals surface area contributed by atoms with Gasteiger partial charge in [0.2, 0.25) is 0 Å². The Morgan fingerprint density at radius 2 is 1.95 bits per heavy atom. The van der Waals surface area contributed by atoms with E-state index in [-0.39, 0.29) is 17.7 Å². The predicted molar refractivity (Wildman–Crippen MR) is 84.2 cm³/mol. The molecule has 0 spiro atoms. The van der Waals surface area contributed by atoms with Gasteiger partial charge in [-0.25, -0.2) is 4.79 Å². The number of nitrogens with zero attached hydrogens (tertiary/aromatic N) is 1. The van der Waals surface area contributed by atoms with E-state index in [1.54, 1.807) is 12.0 Å². The van der Waals surface area contributed by atoms with Crippen molar-refractivity contribution in [2.75, 3.05) is 20.2 Å². The molecule has 1 aliphatic rings. The van der Waals surface area contributed by atoms with Crippen LogP contribution in [0.25, 0.3) is 0 Å². The first kappa shape index (κ1) is 18.2. The van der Waals surface area contributed by atoms with Crippen molar-refractivity contribution >= 4 is 6.09 Å². The average Bonchev–Trinajstić information content (AvgIpc) is 2.83. The molecule has 1 saturated heterocycles. The molecule has 5 heteroatoms. The van der Waals surface area contributed by atoms with Gasteiger partial charge < -0.3 is 20.1 Å². The van der Waals surface area contributed by atoms with Gasteiger partial charge in [-0.15, -0.1) is 0 Å². The maximum absolute atomic E-state index is 12.0. The molecular formula is C16H32N2O3. The zero-order valence-electron chi connectivity index (χ0n) is 14.4. The van der Waals surface area contributed by atoms with Gasteiger partial charge in [0.05, 0.1) is 5.60 Å². The minimum absolute atomic E-state index is 0.104. The molecule has 2 unspecified atom stereocenters. The average molecular weight is 300 g/mol. The molecule has 2 atom stereocenters. The molecule has 0 aromatic rings. The van der Waals surface area contributed by atoms with E-state index in [0.29, 0.717) is 12.5 Å². The molecule has 0 saturated carbocycles. The summed E-state index contributed by atoms with van der Waals surface area (Å²) in [5.74, 6) is 0.352. The molecule has 1 heterocycles. The highest BCUT2D eigenvalue weighted by molar-refractivity contribution is 5.68. The van der Waals surface area contributed by atoms with E-state index < -0.39 is 5.60 Å². The summed E-state index contributed by atoms with van der Waals surface area (Å²) in [5.41, 5.74) is 5.71. The molecule has 1 amide bonds. The predicted octanol–water partition coefficient (Wildman–Crippen LogP) is 2.78. The van der Waals surface area contributed by atoms with E-state index in [4.69, 9.17) is 15.2 Å². The molecule has 1 fully saturated rings. The van der Waals surface area contributed by atoms with Crippen molar-refractivity contribution in [2.24, 2.45) is 11.7 Å². The number of ether oxygens (including phenoxy) is 2. The number of methoxy groups -OCH3 is 1. The van der Waals surface area contributed by atoms with Gasteiger partial charge in [-0.3, -0.25) is 0 Å². The Kier molecular flexibility index (Phi) is 6.05. The van der Waals surface area contributed by atoms with Crippen molar-refractivity contribution in [1.82, 2.24) is 4.90 Å². The highest BCUT2D eigenvalue weighted by Crippen LogP contribution is 2.25. The molecule has 2 N–H and O–H groups in total. The monoisotopic (exact) mass is 300 g/mol. The van der Waals surface area contributed by atoms with Crippen LogP contribution >= 0.6 is 0 Å². The fraction of sp³-hybridized carbons (Fsp3) is 0.938. The Hall–Kier alpha value is -0.810. The Morgan fingerprint density at radius 3 is 2.48 bits per heavy atom. The molecule has 0 aromatic carbocycles. The zero-order chi connectivity index (χ0) is 16.3. The minimum atomic E-state index is -0.445. The quantitative estimate of drug-likeness (QED) is 0.848. The topological polar surface area (TPSA) is 64.8 Å². The van der Waals surface area contributed by atoms with E-state index in [1.165, 1.54) is 0 Å². The first-order chi connectivity index (χ1) is 9.54. The lowest BCUT2D eigenvalue weighted by molar-refractivity contribution is 0.0109. The molecule has 1 rings (SSSR count). The Bertz CT molecular complexity index is 350. The van der Waals surface area contributed by atoms with E-state index in [9.17, 15) is 4.79 Å². The number of rotatable bonds is 5. The second kappa shape index (κ2) is 6.97. The van der Waals surface area contributed by atoms with Crippen molar-refractivity contribution in [3.8, 4) is 0 Å². The normalized spacial score (nSPS) is 21.5. The second-order valence-electron chi connectivity index (χ2n) is 7.64. The summed E-state index contributed by atoms with van der Waals surface area (Å²) in [7, 11) is 1.73. The molecule has 1 aliphatic heterocycles. The molecule has 21 heavy (non-hydrogen) atoms. The number of likely N-dealkylation sites (tertiary alicyclic amines) is 1. The van der Waals surface area contributed by atoms with Crippen molar-refractivity contribution in [1.29, 1.82) is 0 Å². The third-order valence-electron chi connectivity index (χ3n) is 4.11. The molecule has 0 radical (unpaired) electrons. The number of amides is 1. The number of carbonyl (C=O) groups excluding carboxylic acids is 1. The van der Waals surface area contributed by atoms with E-state index in [2.05, 4.69) is 13.8 Å². The van der Waals surface area contributed by atoms with E-state index >= 15 is 0 Å². The molecule has 0 bridgehead atoms. The summed E-state index contributed by atoms with van der Waals surface area (Å²) in [4.78, 5) is 13.8. The van der Waals surface area contributed by atoms with E-state index in [0.717, 1.165) is 25.8 Å². The first-order valence-corrected chi connectivity index (χ1v) is 7.83. The maximum atomic E-state index is 12.0. The van der Waals surface area contributed by atoms with Crippen molar-refractivity contribution in [3.63, 3.8) is 0 Å². The summed E-state index contributed by atoms with van der Waals surface area (Å²) in [6.45, 7) is 11.2. The molecule has 0 aliphatic carbocycles. The van der Waals surface area contributed by atoms with Gasteiger partial charge in [-0.1, -0.05) is 0 Å². The van der Waals surface area contributed by atoms with Crippen LogP contribution in [-0.2, 0) is 9.47 Å². The van der Waals surface area contributed by atoms with Crippen LogP contribution < -0.4 is 5.73 Å². The summed E-state index contributed by atoms with van der Waals surface area (Å²) in [6.07, 6.45) is 2.56. The van der Waals surface area contributed by atoms with Gasteiger partial charge in [-0.05, 0) is 59.8 Å². The smallest absolute Gasteiger partial charge is 0.410 e. The number of nitrogens with two attached hydrogens (primary N) is 1. The van der Waals surface area contributed by atoms with Gasteiger partial charge in [-0.2, -0.15) is 0 Å². The lowest BCUT2D eigenvalue weighted by Crippen LogP contribution is -2.38. The third-order valence-corrected chi connectivity index (χ3v) is 4.11. The Labute approximate surface area is 129 Å². The molecule has 0 aromatic heterocycles. The highest BCUT2D eigenvalue weighted by Gasteiger charge is 2.33. The van der Waals surface area contributed by atoms with Crippen molar-refractivity contribution < 1.29 is 14.3 Å². The second-order valence-corrected chi connectivity index (χ2v) is 7.64. The first-order valence-electron chi connectivity index (χ1n) is 7.83.